The Bertz CT molecular complexity index is 571. The van der Waals surface area contributed by atoms with Gasteiger partial charge in [0.2, 0.25) is 0 Å². The van der Waals surface area contributed by atoms with E-state index in [1.807, 2.05) is 0 Å². The summed E-state index contributed by atoms with van der Waals surface area (Å²) in [5, 5.41) is 3.70. The van der Waals surface area contributed by atoms with Crippen LogP contribution in [0.3, 0.4) is 0 Å². The van der Waals surface area contributed by atoms with Crippen molar-refractivity contribution in [3.05, 3.63) is 66.2 Å². The molecule has 1 N–H and O–H groups in total. The molecule has 0 radical (unpaired) electrons. The molecule has 0 aliphatic heterocycles. The zero-order chi connectivity index (χ0) is 16.1. The van der Waals surface area contributed by atoms with E-state index in [1.54, 1.807) is 0 Å². The van der Waals surface area contributed by atoms with Crippen LogP contribution in [0.25, 0.3) is 0 Å². The van der Waals surface area contributed by atoms with Gasteiger partial charge in [0.1, 0.15) is 0 Å². The number of nitrogens with one attached hydrogen (secondary N) is 1. The van der Waals surface area contributed by atoms with E-state index in [2.05, 4.69) is 85.0 Å². The molecule has 23 heavy (non-hydrogen) atoms. The maximum Gasteiger partial charge on any atom is 0.0370 e. The number of anilines is 1. The Labute approximate surface area is 140 Å². The second-order valence-corrected chi connectivity index (χ2v) is 6.94. The van der Waals surface area contributed by atoms with Gasteiger partial charge in [-0.2, -0.15) is 0 Å². The smallest absolute Gasteiger partial charge is 0.0370 e. The second kappa shape index (κ2) is 7.65. The van der Waals surface area contributed by atoms with Crippen molar-refractivity contribution in [2.45, 2.75) is 37.8 Å². The molecular formula is C21H28N2. The maximum atomic E-state index is 3.70. The summed E-state index contributed by atoms with van der Waals surface area (Å²) in [5.41, 5.74) is 2.71. The Kier molecular flexibility index (Phi) is 5.35. The van der Waals surface area contributed by atoms with Crippen LogP contribution in [0.2, 0.25) is 0 Å². The Balaban J connectivity index is 1.61. The van der Waals surface area contributed by atoms with Gasteiger partial charge in [0.15, 0.2) is 0 Å². The van der Waals surface area contributed by atoms with Crippen molar-refractivity contribution in [2.24, 2.45) is 5.92 Å². The van der Waals surface area contributed by atoms with Gasteiger partial charge in [0.05, 0.1) is 0 Å². The fourth-order valence-electron chi connectivity index (χ4n) is 3.99. The van der Waals surface area contributed by atoms with Crippen molar-refractivity contribution < 1.29 is 0 Å². The number of rotatable bonds is 5. The Morgan fingerprint density at radius 1 is 0.826 bits per heavy atom. The molecule has 0 bridgehead atoms. The van der Waals surface area contributed by atoms with E-state index < -0.39 is 0 Å². The molecule has 122 valence electrons. The van der Waals surface area contributed by atoms with Crippen molar-refractivity contribution in [2.75, 3.05) is 19.4 Å². The molecule has 2 aromatic rings. The summed E-state index contributed by atoms with van der Waals surface area (Å²) in [6.07, 6.45) is 5.11. The molecular weight excluding hydrogens is 280 g/mol. The molecule has 0 saturated heterocycles. The lowest BCUT2D eigenvalue weighted by Crippen LogP contribution is -2.33. The highest BCUT2D eigenvalue weighted by Crippen LogP contribution is 2.37. The van der Waals surface area contributed by atoms with Crippen LogP contribution in [0.15, 0.2) is 60.7 Å². The summed E-state index contributed by atoms with van der Waals surface area (Å²) < 4.78 is 0. The molecule has 2 nitrogen and oxygen atoms in total. The average Bonchev–Trinajstić information content (AvgIpc) is 2.58. The van der Waals surface area contributed by atoms with Gasteiger partial charge in [-0.05, 0) is 63.4 Å². The first-order chi connectivity index (χ1) is 11.2. The molecule has 1 unspecified atom stereocenters. The van der Waals surface area contributed by atoms with Gasteiger partial charge in [0, 0.05) is 17.8 Å². The lowest BCUT2D eigenvalue weighted by atomic mass is 9.78. The number of hydrogen-bond donors (Lipinski definition) is 1. The second-order valence-electron chi connectivity index (χ2n) is 6.94. The summed E-state index contributed by atoms with van der Waals surface area (Å²) in [6.45, 7) is 0. The molecule has 2 heteroatoms. The summed E-state index contributed by atoms with van der Waals surface area (Å²) in [5.74, 6) is 0.751. The van der Waals surface area contributed by atoms with E-state index in [0.717, 1.165) is 5.92 Å². The minimum absolute atomic E-state index is 0.536. The van der Waals surface area contributed by atoms with Gasteiger partial charge in [-0.25, -0.2) is 0 Å². The monoisotopic (exact) mass is 308 g/mol. The molecule has 1 atom stereocenters. The van der Waals surface area contributed by atoms with Crippen LogP contribution in [-0.4, -0.2) is 25.0 Å². The predicted molar refractivity (Wildman–Crippen MR) is 98.7 cm³/mol. The fraction of sp³-hybridized carbons (Fsp3) is 0.429. The first kappa shape index (κ1) is 16.1. The zero-order valence-electron chi connectivity index (χ0n) is 14.3. The molecule has 0 amide bonds. The number of hydrogen-bond acceptors (Lipinski definition) is 2. The minimum Gasteiger partial charge on any atom is -0.382 e. The van der Waals surface area contributed by atoms with E-state index in [0.29, 0.717) is 12.1 Å². The Morgan fingerprint density at radius 2 is 1.39 bits per heavy atom. The molecule has 2 aromatic carbocycles. The van der Waals surface area contributed by atoms with Crippen LogP contribution < -0.4 is 5.32 Å². The zero-order valence-corrected chi connectivity index (χ0v) is 14.3. The highest BCUT2D eigenvalue weighted by molar-refractivity contribution is 5.43. The molecule has 0 heterocycles. The summed E-state index contributed by atoms with van der Waals surface area (Å²) in [7, 11) is 4.43. The largest absolute Gasteiger partial charge is 0.382 e. The summed E-state index contributed by atoms with van der Waals surface area (Å²) in [6, 6.07) is 22.7. The van der Waals surface area contributed by atoms with Crippen LogP contribution in [0.5, 0.6) is 0 Å². The predicted octanol–water partition coefficient (Wildman–Crippen LogP) is 4.96. The molecule has 0 aromatic heterocycles. The van der Waals surface area contributed by atoms with E-state index in [1.165, 1.54) is 36.9 Å². The van der Waals surface area contributed by atoms with Crippen molar-refractivity contribution in [3.8, 4) is 0 Å². The quantitative estimate of drug-likeness (QED) is 0.840. The summed E-state index contributed by atoms with van der Waals surface area (Å²) >= 11 is 0. The third-order valence-corrected chi connectivity index (χ3v) is 5.06. The van der Waals surface area contributed by atoms with E-state index in [9.17, 15) is 0 Å². The van der Waals surface area contributed by atoms with Gasteiger partial charge >= 0.3 is 0 Å². The molecule has 1 aliphatic rings. The van der Waals surface area contributed by atoms with Gasteiger partial charge in [-0.1, -0.05) is 48.5 Å². The van der Waals surface area contributed by atoms with Gasteiger partial charge < -0.3 is 10.2 Å². The lowest BCUT2D eigenvalue weighted by molar-refractivity contribution is 0.167. The van der Waals surface area contributed by atoms with Gasteiger partial charge in [-0.3, -0.25) is 0 Å². The number of nitrogens with zero attached hydrogens (tertiary/aromatic N) is 1. The highest BCUT2D eigenvalue weighted by Gasteiger charge is 2.29. The Hall–Kier alpha value is -1.80. The van der Waals surface area contributed by atoms with Crippen LogP contribution in [0, 0.1) is 5.92 Å². The normalized spacial score (nSPS) is 22.7. The third kappa shape index (κ3) is 4.14. The van der Waals surface area contributed by atoms with Crippen LogP contribution in [0.4, 0.5) is 5.69 Å². The van der Waals surface area contributed by atoms with Crippen LogP contribution >= 0.6 is 0 Å². The van der Waals surface area contributed by atoms with Crippen molar-refractivity contribution in [1.29, 1.82) is 0 Å². The topological polar surface area (TPSA) is 15.3 Å². The van der Waals surface area contributed by atoms with Crippen LogP contribution in [-0.2, 0) is 0 Å². The number of benzene rings is 2. The number of para-hydroxylation sites is 1. The Morgan fingerprint density at radius 3 is 1.96 bits per heavy atom. The van der Waals surface area contributed by atoms with Gasteiger partial charge in [-0.15, -0.1) is 0 Å². The van der Waals surface area contributed by atoms with Crippen LogP contribution in [0.1, 0.15) is 37.3 Å². The van der Waals surface area contributed by atoms with Crippen molar-refractivity contribution in [3.63, 3.8) is 0 Å². The lowest BCUT2D eigenvalue weighted by Gasteiger charge is -2.38. The van der Waals surface area contributed by atoms with E-state index in [-0.39, 0.29) is 0 Å². The summed E-state index contributed by atoms with van der Waals surface area (Å²) in [4.78, 5) is 2.39. The van der Waals surface area contributed by atoms with Crippen molar-refractivity contribution in [1.82, 2.24) is 4.90 Å². The maximum absolute atomic E-state index is 3.70. The molecule has 1 aliphatic carbocycles. The van der Waals surface area contributed by atoms with Gasteiger partial charge in [0.25, 0.3) is 0 Å². The van der Waals surface area contributed by atoms with Crippen molar-refractivity contribution >= 4 is 5.69 Å². The SMILES string of the molecule is CN(C)C(c1ccccc1)C1CCC(Nc2ccccc2)CC1. The first-order valence-electron chi connectivity index (χ1n) is 8.77. The molecule has 0 spiro atoms. The minimum atomic E-state index is 0.536. The van der Waals surface area contributed by atoms with E-state index in [4.69, 9.17) is 0 Å². The first-order valence-corrected chi connectivity index (χ1v) is 8.77. The third-order valence-electron chi connectivity index (χ3n) is 5.06. The highest BCUT2D eigenvalue weighted by atomic mass is 15.1. The molecule has 3 rings (SSSR count). The average molecular weight is 308 g/mol. The fourth-order valence-corrected chi connectivity index (χ4v) is 3.99. The van der Waals surface area contributed by atoms with E-state index >= 15 is 0 Å². The molecule has 1 fully saturated rings. The molecule has 1 saturated carbocycles. The standard InChI is InChI=1S/C21H28N2/c1-23(2)21(17-9-5-3-6-10-17)18-13-15-20(16-14-18)22-19-11-7-4-8-12-19/h3-12,18,20-22H,13-16H2,1-2H3.